The molecule has 44 heavy (non-hydrogen) atoms. The lowest BCUT2D eigenvalue weighted by Crippen LogP contribution is -2.40. The molecule has 0 aliphatic carbocycles. The van der Waals surface area contributed by atoms with Gasteiger partial charge in [-0.15, -0.1) is 0 Å². The van der Waals surface area contributed by atoms with Gasteiger partial charge in [-0.25, -0.2) is 0 Å². The van der Waals surface area contributed by atoms with Gasteiger partial charge in [0.2, 0.25) is 0 Å². The van der Waals surface area contributed by atoms with Crippen LogP contribution in [-0.2, 0) is 16.0 Å². The van der Waals surface area contributed by atoms with Gasteiger partial charge >= 0.3 is 0 Å². The van der Waals surface area contributed by atoms with Crippen molar-refractivity contribution < 1.29 is 9.47 Å². The third kappa shape index (κ3) is 8.63. The fourth-order valence-corrected chi connectivity index (χ4v) is 5.58. The molecule has 0 radical (unpaired) electrons. The minimum atomic E-state index is 0.389. The number of nitrogen functional groups attached to an aromatic ring is 2. The van der Waals surface area contributed by atoms with Crippen LogP contribution in [-0.4, -0.2) is 46.2 Å². The predicted octanol–water partition coefficient (Wildman–Crippen LogP) is 8.19. The van der Waals surface area contributed by atoms with Crippen molar-refractivity contribution in [2.24, 2.45) is 0 Å². The highest BCUT2D eigenvalue weighted by molar-refractivity contribution is 5.74. The summed E-state index contributed by atoms with van der Waals surface area (Å²) in [7, 11) is 5.38. The minimum Gasteiger partial charge on any atom is -0.399 e. The highest BCUT2D eigenvalue weighted by Crippen LogP contribution is 2.35. The molecule has 236 valence electrons. The summed E-state index contributed by atoms with van der Waals surface area (Å²) in [5.41, 5.74) is 28.9. The number of aryl methyl sites for hydroxylation is 5. The molecular formula is C38H52N4O2. The van der Waals surface area contributed by atoms with Crippen LogP contribution in [0.1, 0.15) is 45.9 Å². The van der Waals surface area contributed by atoms with Crippen molar-refractivity contribution in [3.8, 4) is 22.3 Å². The van der Waals surface area contributed by atoms with Crippen LogP contribution in [0, 0.1) is 41.5 Å². The van der Waals surface area contributed by atoms with Crippen molar-refractivity contribution in [3.63, 3.8) is 0 Å². The normalized spacial score (nSPS) is 12.5. The lowest BCUT2D eigenvalue weighted by atomic mass is 9.92. The Morgan fingerprint density at radius 1 is 0.636 bits per heavy atom. The second-order valence-electron chi connectivity index (χ2n) is 11.9. The van der Waals surface area contributed by atoms with Gasteiger partial charge in [0, 0.05) is 44.4 Å². The van der Waals surface area contributed by atoms with E-state index in [0.717, 1.165) is 42.3 Å². The second kappa shape index (κ2) is 15.8. The zero-order valence-electron chi connectivity index (χ0n) is 28.5. The Hall–Kier alpha value is -3.84. The number of rotatable bonds is 5. The summed E-state index contributed by atoms with van der Waals surface area (Å²) < 4.78 is 8.94. The maximum atomic E-state index is 5.80. The molecule has 0 fully saturated rings. The Labute approximate surface area is 265 Å². The topological polar surface area (TPSA) is 77.0 Å². The van der Waals surface area contributed by atoms with E-state index in [1.807, 2.05) is 38.1 Å². The largest absolute Gasteiger partial charge is 0.399 e. The summed E-state index contributed by atoms with van der Waals surface area (Å²) in [6.45, 7) is 18.7. The van der Waals surface area contributed by atoms with Crippen LogP contribution in [0.25, 0.3) is 22.3 Å². The van der Waals surface area contributed by atoms with E-state index in [1.165, 1.54) is 55.8 Å². The minimum absolute atomic E-state index is 0.389. The Morgan fingerprint density at radius 2 is 1.09 bits per heavy atom. The molecule has 0 atom stereocenters. The van der Waals surface area contributed by atoms with Gasteiger partial charge in [-0.2, -0.15) is 0 Å². The molecule has 0 bridgehead atoms. The molecule has 4 aromatic carbocycles. The van der Waals surface area contributed by atoms with Gasteiger partial charge in [-0.1, -0.05) is 24.3 Å². The number of hydrogen-bond donors (Lipinski definition) is 2. The molecule has 0 aromatic heterocycles. The summed E-state index contributed by atoms with van der Waals surface area (Å²) >= 11 is 0. The van der Waals surface area contributed by atoms with Gasteiger partial charge in [0.05, 0.1) is 6.67 Å². The molecule has 4 aromatic rings. The number of nitrogens with two attached hydrogens (primary N) is 2. The number of nitrogens with zero attached hydrogens (tertiary/aromatic N) is 2. The maximum absolute atomic E-state index is 5.80. The molecule has 0 unspecified atom stereocenters. The van der Waals surface area contributed by atoms with Crippen molar-refractivity contribution in [2.75, 3.05) is 57.6 Å². The molecule has 5 rings (SSSR count). The molecule has 1 aliphatic rings. The van der Waals surface area contributed by atoms with E-state index in [2.05, 4.69) is 97.3 Å². The van der Waals surface area contributed by atoms with E-state index < -0.39 is 0 Å². The maximum Gasteiger partial charge on any atom is 0.145 e. The number of methoxy groups -OCH3 is 2. The fourth-order valence-electron chi connectivity index (χ4n) is 5.58. The molecule has 4 N–H and O–H groups in total. The van der Waals surface area contributed by atoms with Crippen LogP contribution in [0.2, 0.25) is 0 Å². The third-order valence-corrected chi connectivity index (χ3v) is 8.30. The van der Waals surface area contributed by atoms with E-state index in [4.69, 9.17) is 11.5 Å². The average Bonchev–Trinajstić information content (AvgIpc) is 2.98. The first-order valence-corrected chi connectivity index (χ1v) is 15.3. The quantitative estimate of drug-likeness (QED) is 0.179. The lowest BCUT2D eigenvalue weighted by molar-refractivity contribution is -0.00272. The summed E-state index contributed by atoms with van der Waals surface area (Å²) in [5, 5.41) is 0. The van der Waals surface area contributed by atoms with Gasteiger partial charge < -0.3 is 25.8 Å². The fraction of sp³-hybridized carbons (Fsp3) is 0.368. The summed E-state index contributed by atoms with van der Waals surface area (Å²) in [4.78, 5) is 4.87. The zero-order chi connectivity index (χ0) is 32.6. The van der Waals surface area contributed by atoms with Crippen LogP contribution >= 0.6 is 0 Å². The van der Waals surface area contributed by atoms with Gasteiger partial charge in [-0.05, 0) is 153 Å². The van der Waals surface area contributed by atoms with Crippen molar-refractivity contribution in [3.05, 3.63) is 99.6 Å². The standard InChI is InChI=1S/C21H28N2.C14H16N2.C3H8O2/c1-7-23-13-22(6)12-20-11-19(10-16(4)21(20)23)18-8-14(2)17(5)15(3)9-18;1-9-7-11(3-5-13(9)15)12-4-6-14(16)10(2)8-12;1-4-3-5-2/h8-11H,7,12-13H2,1-6H3;3-8H,15-16H2,1-2H3;3H2,1-2H3. The lowest BCUT2D eigenvalue weighted by Gasteiger charge is -2.37. The van der Waals surface area contributed by atoms with Crippen LogP contribution in [0.15, 0.2) is 60.7 Å². The first-order chi connectivity index (χ1) is 20.9. The van der Waals surface area contributed by atoms with E-state index in [-0.39, 0.29) is 0 Å². The zero-order valence-corrected chi connectivity index (χ0v) is 28.5. The van der Waals surface area contributed by atoms with E-state index in [1.54, 1.807) is 14.2 Å². The van der Waals surface area contributed by atoms with Crippen LogP contribution in [0.5, 0.6) is 0 Å². The summed E-state index contributed by atoms with van der Waals surface area (Å²) in [6.07, 6.45) is 0. The van der Waals surface area contributed by atoms with Crippen molar-refractivity contribution in [1.82, 2.24) is 4.90 Å². The summed E-state index contributed by atoms with van der Waals surface area (Å²) in [6, 6.07) is 21.6. The predicted molar refractivity (Wildman–Crippen MR) is 189 cm³/mol. The van der Waals surface area contributed by atoms with Crippen LogP contribution in [0.3, 0.4) is 0 Å². The van der Waals surface area contributed by atoms with Gasteiger partial charge in [0.25, 0.3) is 0 Å². The van der Waals surface area contributed by atoms with Crippen molar-refractivity contribution in [1.29, 1.82) is 0 Å². The molecular weight excluding hydrogens is 544 g/mol. The summed E-state index contributed by atoms with van der Waals surface area (Å²) in [5.74, 6) is 0. The smallest absolute Gasteiger partial charge is 0.145 e. The second-order valence-corrected chi connectivity index (χ2v) is 11.9. The van der Waals surface area contributed by atoms with E-state index in [9.17, 15) is 0 Å². The Morgan fingerprint density at radius 3 is 1.52 bits per heavy atom. The Kier molecular flexibility index (Phi) is 12.4. The van der Waals surface area contributed by atoms with E-state index in [0.29, 0.717) is 6.79 Å². The number of fused-ring (bicyclic) bond motifs is 1. The van der Waals surface area contributed by atoms with Crippen LogP contribution in [0.4, 0.5) is 17.1 Å². The first kappa shape index (κ1) is 34.6. The molecule has 6 nitrogen and oxygen atoms in total. The number of hydrogen-bond acceptors (Lipinski definition) is 6. The number of benzene rings is 4. The van der Waals surface area contributed by atoms with Crippen molar-refractivity contribution in [2.45, 2.75) is 55.0 Å². The monoisotopic (exact) mass is 596 g/mol. The molecule has 6 heteroatoms. The van der Waals surface area contributed by atoms with Gasteiger partial charge in [0.1, 0.15) is 6.79 Å². The molecule has 1 heterocycles. The first-order valence-electron chi connectivity index (χ1n) is 15.3. The highest BCUT2D eigenvalue weighted by Gasteiger charge is 2.22. The SMILES string of the molecule is CCN1CN(C)Cc2cc(-c3cc(C)c(C)c(C)c3)cc(C)c21.COCOC.Cc1cc(-c2ccc(N)c(C)c2)ccc1N. The number of ether oxygens (including phenoxy) is 2. The Bertz CT molecular complexity index is 1490. The van der Waals surface area contributed by atoms with Gasteiger partial charge in [0.15, 0.2) is 0 Å². The van der Waals surface area contributed by atoms with Crippen LogP contribution < -0.4 is 16.4 Å². The van der Waals surface area contributed by atoms with E-state index >= 15 is 0 Å². The van der Waals surface area contributed by atoms with Crippen molar-refractivity contribution >= 4 is 17.1 Å². The highest BCUT2D eigenvalue weighted by atomic mass is 16.6. The average molecular weight is 597 g/mol. The molecule has 0 saturated heterocycles. The molecule has 0 spiro atoms. The number of anilines is 3. The molecule has 1 aliphatic heterocycles. The van der Waals surface area contributed by atoms with Gasteiger partial charge in [-0.3, -0.25) is 4.90 Å². The molecule has 0 amide bonds. The Balaban J connectivity index is 0.000000219. The molecule has 0 saturated carbocycles. The third-order valence-electron chi connectivity index (χ3n) is 8.30.